The van der Waals surface area contributed by atoms with Gasteiger partial charge in [-0.1, -0.05) is 67.8 Å². The smallest absolute Gasteiger partial charge is 0.244 e. The molecule has 1 aliphatic rings. The van der Waals surface area contributed by atoms with Crippen molar-refractivity contribution in [2.75, 3.05) is 24.2 Å². The summed E-state index contributed by atoms with van der Waals surface area (Å²) in [4.78, 5) is 29.4. The van der Waals surface area contributed by atoms with Gasteiger partial charge in [-0.05, 0) is 48.7 Å². The average Bonchev–Trinajstić information content (AvgIpc) is 2.99. The van der Waals surface area contributed by atoms with Crippen LogP contribution < -0.4 is 14.4 Å². The maximum atomic E-state index is 14.9. The lowest BCUT2D eigenvalue weighted by atomic mass is 9.94. The molecule has 0 heterocycles. The molecule has 1 aliphatic carbocycles. The van der Waals surface area contributed by atoms with Crippen molar-refractivity contribution in [3.8, 4) is 5.75 Å². The van der Waals surface area contributed by atoms with E-state index in [2.05, 4.69) is 5.32 Å². The van der Waals surface area contributed by atoms with Crippen molar-refractivity contribution in [3.05, 3.63) is 95.8 Å². The van der Waals surface area contributed by atoms with Gasteiger partial charge in [0.25, 0.3) is 0 Å². The zero-order valence-corrected chi connectivity index (χ0v) is 24.9. The lowest BCUT2D eigenvalue weighted by Crippen LogP contribution is -2.55. The lowest BCUT2D eigenvalue weighted by molar-refractivity contribution is -0.140. The molecule has 2 amide bonds. The molecule has 4 rings (SSSR count). The molecule has 1 atom stereocenters. The second-order valence-corrected chi connectivity index (χ2v) is 12.5. The molecule has 3 aromatic rings. The van der Waals surface area contributed by atoms with Crippen LogP contribution in [0.15, 0.2) is 78.9 Å². The molecule has 0 bridgehead atoms. The molecule has 0 aromatic heterocycles. The number of hydrogen-bond donors (Lipinski definition) is 1. The van der Waals surface area contributed by atoms with Gasteiger partial charge in [0.15, 0.2) is 0 Å². The quantitative estimate of drug-likeness (QED) is 0.328. The Bertz CT molecular complexity index is 1440. The number of halogens is 1. The Kier molecular flexibility index (Phi) is 10.6. The first kappa shape index (κ1) is 31.0. The van der Waals surface area contributed by atoms with Crippen LogP contribution in [-0.4, -0.2) is 57.1 Å². The molecule has 1 unspecified atom stereocenters. The number of methoxy groups -OCH3 is 1. The van der Waals surface area contributed by atoms with Crippen LogP contribution in [0.2, 0.25) is 0 Å². The molecule has 0 radical (unpaired) electrons. The minimum atomic E-state index is -3.90. The molecule has 3 aromatic carbocycles. The number of rotatable bonds is 12. The Hall–Kier alpha value is -3.92. The summed E-state index contributed by atoms with van der Waals surface area (Å²) in [5.74, 6) is -0.955. The van der Waals surface area contributed by atoms with Gasteiger partial charge >= 0.3 is 0 Å². The van der Waals surface area contributed by atoms with E-state index in [0.29, 0.717) is 5.75 Å². The average molecular weight is 596 g/mol. The second kappa shape index (κ2) is 14.3. The van der Waals surface area contributed by atoms with Crippen LogP contribution in [0.25, 0.3) is 0 Å². The van der Waals surface area contributed by atoms with Crippen molar-refractivity contribution in [1.29, 1.82) is 0 Å². The fourth-order valence-electron chi connectivity index (χ4n) is 5.27. The maximum absolute atomic E-state index is 14.9. The minimum Gasteiger partial charge on any atom is -0.497 e. The van der Waals surface area contributed by atoms with E-state index in [1.165, 1.54) is 18.1 Å². The van der Waals surface area contributed by atoms with Gasteiger partial charge < -0.3 is 15.0 Å². The molecule has 1 fully saturated rings. The molecule has 224 valence electrons. The molecule has 0 spiro atoms. The molecule has 0 saturated heterocycles. The van der Waals surface area contributed by atoms with E-state index in [-0.39, 0.29) is 36.2 Å². The minimum absolute atomic E-state index is 0.0123. The Morgan fingerprint density at radius 2 is 1.60 bits per heavy atom. The Morgan fingerprint density at radius 3 is 2.21 bits per heavy atom. The van der Waals surface area contributed by atoms with E-state index in [4.69, 9.17) is 4.74 Å². The number of sulfonamides is 1. The summed E-state index contributed by atoms with van der Waals surface area (Å²) in [7, 11) is -2.41. The lowest BCUT2D eigenvalue weighted by Gasteiger charge is -2.35. The first-order valence-corrected chi connectivity index (χ1v) is 16.0. The van der Waals surface area contributed by atoms with Gasteiger partial charge in [0, 0.05) is 24.6 Å². The number of hydrogen-bond acceptors (Lipinski definition) is 5. The standard InChI is InChI=1S/C32H38FN3O5S/c1-41-28-19-17-27(18-20-28)36(42(2,39)40)23-31(37)35(22-25-13-9-10-16-29(25)33)30(21-24-11-5-3-6-12-24)32(38)34-26-14-7-4-8-15-26/h3,5-6,9-13,16-20,26,30H,4,7-8,14-15,21-23H2,1-2H3,(H,34,38). The van der Waals surface area contributed by atoms with Crippen molar-refractivity contribution >= 4 is 27.5 Å². The number of carbonyl (C=O) groups is 2. The molecule has 1 saturated carbocycles. The van der Waals surface area contributed by atoms with Crippen LogP contribution in [0.4, 0.5) is 10.1 Å². The van der Waals surface area contributed by atoms with Crippen molar-refractivity contribution in [2.45, 2.75) is 57.2 Å². The third kappa shape index (κ3) is 8.31. The highest BCUT2D eigenvalue weighted by Crippen LogP contribution is 2.24. The summed E-state index contributed by atoms with van der Waals surface area (Å²) >= 11 is 0. The van der Waals surface area contributed by atoms with E-state index in [1.54, 1.807) is 42.5 Å². The predicted octanol–water partition coefficient (Wildman–Crippen LogP) is 4.69. The summed E-state index contributed by atoms with van der Waals surface area (Å²) < 4.78 is 46.9. The second-order valence-electron chi connectivity index (χ2n) is 10.6. The van der Waals surface area contributed by atoms with Crippen molar-refractivity contribution in [1.82, 2.24) is 10.2 Å². The van der Waals surface area contributed by atoms with Crippen LogP contribution in [0, 0.1) is 5.82 Å². The normalized spacial score (nSPS) is 14.5. The Balaban J connectivity index is 1.72. The Morgan fingerprint density at radius 1 is 0.952 bits per heavy atom. The number of nitrogens with one attached hydrogen (secondary N) is 1. The van der Waals surface area contributed by atoms with E-state index in [9.17, 15) is 22.4 Å². The summed E-state index contributed by atoms with van der Waals surface area (Å²) in [6, 6.07) is 20.7. The van der Waals surface area contributed by atoms with Gasteiger partial charge in [0.05, 0.1) is 19.1 Å². The topological polar surface area (TPSA) is 96.0 Å². The van der Waals surface area contributed by atoms with E-state index in [1.807, 2.05) is 30.3 Å². The van der Waals surface area contributed by atoms with E-state index in [0.717, 1.165) is 48.2 Å². The number of carbonyl (C=O) groups excluding carboxylic acids is 2. The molecule has 10 heteroatoms. The zero-order chi connectivity index (χ0) is 30.1. The van der Waals surface area contributed by atoms with Crippen molar-refractivity contribution in [2.24, 2.45) is 0 Å². The third-order valence-electron chi connectivity index (χ3n) is 7.56. The monoisotopic (exact) mass is 595 g/mol. The maximum Gasteiger partial charge on any atom is 0.244 e. The molecule has 1 N–H and O–H groups in total. The molecular weight excluding hydrogens is 557 g/mol. The number of nitrogens with zero attached hydrogens (tertiary/aromatic N) is 2. The van der Waals surface area contributed by atoms with Crippen LogP contribution in [0.3, 0.4) is 0 Å². The molecule has 42 heavy (non-hydrogen) atoms. The van der Waals surface area contributed by atoms with Crippen LogP contribution >= 0.6 is 0 Å². The predicted molar refractivity (Wildman–Crippen MR) is 161 cm³/mol. The van der Waals surface area contributed by atoms with Crippen LogP contribution in [0.1, 0.15) is 43.2 Å². The van der Waals surface area contributed by atoms with Crippen molar-refractivity contribution in [3.63, 3.8) is 0 Å². The summed E-state index contributed by atoms with van der Waals surface area (Å²) in [6.07, 6.45) is 6.04. The fourth-order valence-corrected chi connectivity index (χ4v) is 6.12. The van der Waals surface area contributed by atoms with Gasteiger partial charge in [-0.25, -0.2) is 12.8 Å². The SMILES string of the molecule is COc1ccc(N(CC(=O)N(Cc2ccccc2F)C(Cc2ccccc2)C(=O)NC2CCCCC2)S(C)(=O)=O)cc1. The molecule has 8 nitrogen and oxygen atoms in total. The van der Waals surface area contributed by atoms with Crippen LogP contribution in [0.5, 0.6) is 5.75 Å². The van der Waals surface area contributed by atoms with Crippen LogP contribution in [-0.2, 0) is 32.6 Å². The first-order chi connectivity index (χ1) is 20.2. The highest BCUT2D eigenvalue weighted by Gasteiger charge is 2.34. The van der Waals surface area contributed by atoms with Crippen molar-refractivity contribution < 1.29 is 27.1 Å². The highest BCUT2D eigenvalue weighted by atomic mass is 32.2. The number of benzene rings is 3. The first-order valence-electron chi connectivity index (χ1n) is 14.1. The number of ether oxygens (including phenoxy) is 1. The van der Waals surface area contributed by atoms with E-state index >= 15 is 0 Å². The largest absolute Gasteiger partial charge is 0.497 e. The Labute approximate surface area is 247 Å². The van der Waals surface area contributed by atoms with Gasteiger partial charge in [-0.15, -0.1) is 0 Å². The number of anilines is 1. The fraction of sp³-hybridized carbons (Fsp3) is 0.375. The summed E-state index contributed by atoms with van der Waals surface area (Å²) in [6.45, 7) is -0.775. The zero-order valence-electron chi connectivity index (χ0n) is 24.0. The molecule has 0 aliphatic heterocycles. The number of amides is 2. The van der Waals surface area contributed by atoms with E-state index < -0.39 is 34.3 Å². The highest BCUT2D eigenvalue weighted by molar-refractivity contribution is 7.92. The van der Waals surface area contributed by atoms with Gasteiger partial charge in [-0.3, -0.25) is 13.9 Å². The van der Waals surface area contributed by atoms with Gasteiger partial charge in [0.2, 0.25) is 21.8 Å². The van der Waals surface area contributed by atoms with Gasteiger partial charge in [0.1, 0.15) is 24.2 Å². The summed E-state index contributed by atoms with van der Waals surface area (Å²) in [5, 5.41) is 3.13. The summed E-state index contributed by atoms with van der Waals surface area (Å²) in [5.41, 5.74) is 1.32. The third-order valence-corrected chi connectivity index (χ3v) is 8.70. The molecular formula is C32H38FN3O5S. The van der Waals surface area contributed by atoms with Gasteiger partial charge in [-0.2, -0.15) is 0 Å².